The number of ether oxygens (including phenoxy) is 5. The van der Waals surface area contributed by atoms with E-state index in [1.165, 1.54) is 0 Å². The van der Waals surface area contributed by atoms with Crippen LogP contribution in [0.15, 0.2) is 0 Å². The molecule has 0 spiro atoms. The number of esters is 2. The van der Waals surface area contributed by atoms with Gasteiger partial charge in [0.15, 0.2) is 0 Å². The highest BCUT2D eigenvalue weighted by Crippen LogP contribution is 2.50. The minimum absolute atomic E-state index is 0.0691. The van der Waals surface area contributed by atoms with E-state index in [0.29, 0.717) is 50.1 Å². The summed E-state index contributed by atoms with van der Waals surface area (Å²) in [4.78, 5) is 25.9. The first kappa shape index (κ1) is 20.4. The summed E-state index contributed by atoms with van der Waals surface area (Å²) in [5, 5.41) is 0. The molecule has 31 heavy (non-hydrogen) atoms. The Hall–Kier alpha value is -1.18. The van der Waals surface area contributed by atoms with Crippen molar-refractivity contribution in [1.82, 2.24) is 0 Å². The lowest BCUT2D eigenvalue weighted by Gasteiger charge is -2.29. The van der Waals surface area contributed by atoms with Gasteiger partial charge in [-0.05, 0) is 77.0 Å². The summed E-state index contributed by atoms with van der Waals surface area (Å²) in [6.45, 7) is 5.16. The van der Waals surface area contributed by atoms with E-state index in [9.17, 15) is 9.59 Å². The maximum atomic E-state index is 12.9. The Morgan fingerprint density at radius 2 is 1.23 bits per heavy atom. The van der Waals surface area contributed by atoms with Gasteiger partial charge in [-0.25, -0.2) is 0 Å². The van der Waals surface area contributed by atoms with Crippen LogP contribution in [0, 0.1) is 23.7 Å². The van der Waals surface area contributed by atoms with Crippen molar-refractivity contribution in [2.45, 2.75) is 101 Å². The Kier molecular flexibility index (Phi) is 4.72. The smallest absolute Gasteiger partial charge is 0.309 e. The number of hydrogen-bond donors (Lipinski definition) is 0. The molecule has 3 saturated heterocycles. The van der Waals surface area contributed by atoms with E-state index in [1.807, 2.05) is 0 Å². The first-order valence-corrected chi connectivity index (χ1v) is 12.2. The largest absolute Gasteiger partial charge is 0.465 e. The van der Waals surface area contributed by atoms with Crippen molar-refractivity contribution in [2.75, 3.05) is 13.2 Å². The molecular formula is C24H34O7. The molecule has 6 rings (SSSR count). The molecule has 0 aromatic heterocycles. The second-order valence-electron chi connectivity index (χ2n) is 11.3. The summed E-state index contributed by atoms with van der Waals surface area (Å²) in [7, 11) is 0. The monoisotopic (exact) mass is 434 g/mol. The molecule has 6 aliphatic rings. The maximum absolute atomic E-state index is 12.9. The zero-order valence-electron chi connectivity index (χ0n) is 18.5. The number of carbonyl (C=O) groups excluding carboxylic acids is 2. The van der Waals surface area contributed by atoms with Crippen molar-refractivity contribution in [3.63, 3.8) is 0 Å². The normalized spacial score (nSPS) is 51.5. The number of rotatable bonds is 6. The average Bonchev–Trinajstić information content (AvgIpc) is 3.66. The number of carbonyl (C=O) groups is 2. The molecule has 7 nitrogen and oxygen atoms in total. The van der Waals surface area contributed by atoms with Gasteiger partial charge < -0.3 is 23.7 Å². The van der Waals surface area contributed by atoms with Crippen LogP contribution in [-0.2, 0) is 33.3 Å². The van der Waals surface area contributed by atoms with Crippen LogP contribution in [0.25, 0.3) is 0 Å². The summed E-state index contributed by atoms with van der Waals surface area (Å²) >= 11 is 0. The van der Waals surface area contributed by atoms with Crippen molar-refractivity contribution in [1.29, 1.82) is 0 Å². The lowest BCUT2D eigenvalue weighted by molar-refractivity contribution is -0.164. The van der Waals surface area contributed by atoms with Crippen LogP contribution in [0.3, 0.4) is 0 Å². The van der Waals surface area contributed by atoms with Crippen molar-refractivity contribution in [3.05, 3.63) is 0 Å². The summed E-state index contributed by atoms with van der Waals surface area (Å²) in [6, 6.07) is 0. The number of hydrogen-bond acceptors (Lipinski definition) is 7. The van der Waals surface area contributed by atoms with Gasteiger partial charge in [0.25, 0.3) is 0 Å². The Bertz CT molecular complexity index is 707. The number of epoxide rings is 3. The molecule has 0 aromatic rings. The predicted octanol–water partition coefficient (Wildman–Crippen LogP) is 2.78. The van der Waals surface area contributed by atoms with Gasteiger partial charge in [-0.2, -0.15) is 0 Å². The van der Waals surface area contributed by atoms with Gasteiger partial charge in [-0.15, -0.1) is 0 Å². The van der Waals surface area contributed by atoms with Gasteiger partial charge >= 0.3 is 11.9 Å². The van der Waals surface area contributed by atoms with Crippen molar-refractivity contribution in [2.24, 2.45) is 23.7 Å². The molecule has 0 aromatic carbocycles. The molecule has 10 unspecified atom stereocenters. The van der Waals surface area contributed by atoms with Crippen LogP contribution in [0.2, 0.25) is 0 Å². The van der Waals surface area contributed by atoms with Crippen LogP contribution < -0.4 is 0 Å². The third kappa shape index (κ3) is 3.91. The molecule has 3 heterocycles. The molecule has 3 aliphatic carbocycles. The van der Waals surface area contributed by atoms with Gasteiger partial charge in [-0.3, -0.25) is 9.59 Å². The first-order valence-electron chi connectivity index (χ1n) is 12.2. The maximum Gasteiger partial charge on any atom is 0.309 e. The fraction of sp³-hybridized carbons (Fsp3) is 0.917. The van der Waals surface area contributed by atoms with Crippen LogP contribution in [-0.4, -0.2) is 60.8 Å². The summed E-state index contributed by atoms with van der Waals surface area (Å²) in [5.41, 5.74) is 0.138. The Balaban J connectivity index is 1.01. The van der Waals surface area contributed by atoms with Gasteiger partial charge in [0.1, 0.15) is 0 Å². The Labute approximate surface area is 183 Å². The summed E-state index contributed by atoms with van der Waals surface area (Å²) in [5.74, 6) is -0.732. The van der Waals surface area contributed by atoms with E-state index in [-0.39, 0.29) is 35.3 Å². The van der Waals surface area contributed by atoms with Gasteiger partial charge in [0.05, 0.1) is 60.7 Å². The third-order valence-electron chi connectivity index (χ3n) is 8.94. The lowest BCUT2D eigenvalue weighted by atomic mass is 9.79. The molecule has 0 radical (unpaired) electrons. The number of fused-ring (bicyclic) bond motifs is 3. The molecule has 3 aliphatic heterocycles. The second kappa shape index (κ2) is 7.16. The summed E-state index contributed by atoms with van der Waals surface area (Å²) < 4.78 is 28.6. The molecule has 0 N–H and O–H groups in total. The minimum Gasteiger partial charge on any atom is -0.465 e. The van der Waals surface area contributed by atoms with Gasteiger partial charge in [0.2, 0.25) is 0 Å². The van der Waals surface area contributed by atoms with Gasteiger partial charge in [0, 0.05) is 0 Å². The van der Waals surface area contributed by atoms with E-state index in [0.717, 1.165) is 38.5 Å². The van der Waals surface area contributed by atoms with Crippen molar-refractivity contribution >= 4 is 11.9 Å². The minimum atomic E-state index is -0.455. The fourth-order valence-corrected chi connectivity index (χ4v) is 6.30. The Morgan fingerprint density at radius 3 is 1.65 bits per heavy atom. The quantitative estimate of drug-likeness (QED) is 0.469. The topological polar surface area (TPSA) is 90.2 Å². The van der Waals surface area contributed by atoms with E-state index < -0.39 is 11.8 Å². The van der Waals surface area contributed by atoms with E-state index in [1.54, 1.807) is 0 Å². The third-order valence-corrected chi connectivity index (χ3v) is 8.94. The van der Waals surface area contributed by atoms with Gasteiger partial charge in [-0.1, -0.05) is 0 Å². The van der Waals surface area contributed by atoms with Crippen LogP contribution in [0.5, 0.6) is 0 Å². The molecule has 6 fully saturated rings. The lowest BCUT2D eigenvalue weighted by Crippen LogP contribution is -2.39. The van der Waals surface area contributed by atoms with Crippen LogP contribution in [0.1, 0.15) is 65.2 Å². The van der Waals surface area contributed by atoms with E-state index >= 15 is 0 Å². The van der Waals surface area contributed by atoms with E-state index in [4.69, 9.17) is 23.7 Å². The molecule has 0 bridgehead atoms. The zero-order valence-corrected chi connectivity index (χ0v) is 18.5. The summed E-state index contributed by atoms with van der Waals surface area (Å²) in [6.07, 6.45) is 7.99. The molecule has 7 heteroatoms. The standard InChI is InChI=1S/C24H34O7/c1-23-5-3-13(7-19(23)30-23)11-27-21(25)15-9-17-18(29-17)10-16(15)22(26)28-12-14-4-6-24(2)20(8-14)31-24/h13-20H,3-12H2,1-2H3. The SMILES string of the molecule is CC12CCC(COC(=O)C3CC4OC4CC3C(=O)OCC3CCC4(C)OC4C3)CC1O2. The first-order chi connectivity index (χ1) is 14.8. The highest BCUT2D eigenvalue weighted by atomic mass is 16.6. The average molecular weight is 435 g/mol. The van der Waals surface area contributed by atoms with Crippen molar-refractivity contribution < 1.29 is 33.3 Å². The molecular weight excluding hydrogens is 400 g/mol. The zero-order chi connectivity index (χ0) is 21.4. The molecule has 0 amide bonds. The highest BCUT2D eigenvalue weighted by Gasteiger charge is 2.57. The van der Waals surface area contributed by atoms with Crippen LogP contribution >= 0.6 is 0 Å². The molecule has 10 atom stereocenters. The molecule has 172 valence electrons. The van der Waals surface area contributed by atoms with Crippen LogP contribution in [0.4, 0.5) is 0 Å². The highest BCUT2D eigenvalue weighted by molar-refractivity contribution is 5.82. The predicted molar refractivity (Wildman–Crippen MR) is 108 cm³/mol. The second-order valence-corrected chi connectivity index (χ2v) is 11.3. The van der Waals surface area contributed by atoms with E-state index in [2.05, 4.69) is 13.8 Å². The fourth-order valence-electron chi connectivity index (χ4n) is 6.30. The molecule has 3 saturated carbocycles. The Morgan fingerprint density at radius 1 is 0.774 bits per heavy atom. The van der Waals surface area contributed by atoms with Crippen molar-refractivity contribution in [3.8, 4) is 0 Å².